The molecule has 0 aliphatic rings. The lowest BCUT2D eigenvalue weighted by molar-refractivity contribution is -0.147. The largest absolute Gasteiger partial charge is 0.467 e. The van der Waals surface area contributed by atoms with Crippen LogP contribution in [0.2, 0.25) is 0 Å². The Kier molecular flexibility index (Phi) is 7.42. The molecule has 1 rings (SSSR count). The molecule has 2 unspecified atom stereocenters. The average Bonchev–Trinajstić information content (AvgIpc) is 2.56. The number of carbonyl (C=O) groups excluding carboxylic acids is 3. The summed E-state index contributed by atoms with van der Waals surface area (Å²) in [6.45, 7) is 7.03. The second-order valence-corrected chi connectivity index (χ2v) is 5.85. The lowest BCUT2D eigenvalue weighted by Gasteiger charge is -2.21. The van der Waals surface area contributed by atoms with Crippen molar-refractivity contribution < 1.29 is 23.9 Å². The van der Waals surface area contributed by atoms with Gasteiger partial charge in [-0.25, -0.2) is 9.59 Å². The van der Waals surface area contributed by atoms with Gasteiger partial charge in [-0.15, -0.1) is 0 Å². The fourth-order valence-corrected chi connectivity index (χ4v) is 2.26. The number of hydrogen-bond acceptors (Lipinski definition) is 5. The van der Waals surface area contributed by atoms with Crippen LogP contribution in [0.5, 0.6) is 0 Å². The number of aryl methyl sites for hydroxylation is 2. The van der Waals surface area contributed by atoms with Crippen molar-refractivity contribution >= 4 is 17.8 Å². The van der Waals surface area contributed by atoms with Gasteiger partial charge in [-0.2, -0.15) is 0 Å². The molecule has 0 aromatic heterocycles. The summed E-state index contributed by atoms with van der Waals surface area (Å²) >= 11 is 0. The van der Waals surface area contributed by atoms with Crippen LogP contribution in [0.4, 0.5) is 0 Å². The van der Waals surface area contributed by atoms with Crippen LogP contribution in [0, 0.1) is 19.8 Å². The van der Waals surface area contributed by atoms with E-state index in [9.17, 15) is 14.4 Å². The Bertz CT molecular complexity index is 611. The van der Waals surface area contributed by atoms with Gasteiger partial charge in [0.2, 0.25) is 0 Å². The average molecular weight is 335 g/mol. The Labute approximate surface area is 142 Å². The van der Waals surface area contributed by atoms with E-state index in [-0.39, 0.29) is 5.92 Å². The molecule has 24 heavy (non-hydrogen) atoms. The summed E-state index contributed by atoms with van der Waals surface area (Å²) in [7, 11) is 1.27. The second-order valence-electron chi connectivity index (χ2n) is 5.85. The summed E-state index contributed by atoms with van der Waals surface area (Å²) in [4.78, 5) is 35.8. The SMILES string of the molecule is CCC(C)C(NC(=O)COC(=O)c1ccc(C)cc1C)C(=O)OC. The molecule has 1 aromatic carbocycles. The van der Waals surface area contributed by atoms with E-state index in [1.54, 1.807) is 19.1 Å². The number of amides is 1. The molecule has 2 atom stereocenters. The van der Waals surface area contributed by atoms with Crippen LogP contribution in [-0.4, -0.2) is 37.6 Å². The Balaban J connectivity index is 2.64. The standard InChI is InChI=1S/C18H25NO5/c1-6-12(3)16(18(22)23-5)19-15(20)10-24-17(21)14-8-7-11(2)9-13(14)4/h7-9,12,16H,6,10H2,1-5H3,(H,19,20). The molecule has 1 aromatic rings. The van der Waals surface area contributed by atoms with Gasteiger partial charge in [-0.05, 0) is 31.4 Å². The van der Waals surface area contributed by atoms with Crippen molar-refractivity contribution in [3.8, 4) is 0 Å². The number of nitrogens with one attached hydrogen (secondary N) is 1. The third-order valence-corrected chi connectivity index (χ3v) is 3.92. The van der Waals surface area contributed by atoms with Crippen LogP contribution in [-0.2, 0) is 19.1 Å². The summed E-state index contributed by atoms with van der Waals surface area (Å²) in [6, 6.07) is 4.58. The molecular weight excluding hydrogens is 310 g/mol. The van der Waals surface area contributed by atoms with Gasteiger partial charge in [0.05, 0.1) is 12.7 Å². The van der Waals surface area contributed by atoms with Crippen LogP contribution >= 0.6 is 0 Å². The third-order valence-electron chi connectivity index (χ3n) is 3.92. The zero-order valence-electron chi connectivity index (χ0n) is 14.8. The van der Waals surface area contributed by atoms with Crippen LogP contribution in [0.3, 0.4) is 0 Å². The first-order valence-corrected chi connectivity index (χ1v) is 7.91. The van der Waals surface area contributed by atoms with Gasteiger partial charge < -0.3 is 14.8 Å². The topological polar surface area (TPSA) is 81.7 Å². The van der Waals surface area contributed by atoms with Crippen LogP contribution in [0.15, 0.2) is 18.2 Å². The molecule has 0 aliphatic heterocycles. The summed E-state index contributed by atoms with van der Waals surface area (Å²) in [6.07, 6.45) is 0.697. The molecule has 0 aliphatic carbocycles. The molecule has 1 amide bonds. The molecule has 0 spiro atoms. The number of rotatable bonds is 7. The first-order chi connectivity index (χ1) is 11.3. The number of esters is 2. The number of carbonyl (C=O) groups is 3. The van der Waals surface area contributed by atoms with Crippen molar-refractivity contribution in [3.63, 3.8) is 0 Å². The van der Waals surface area contributed by atoms with Gasteiger partial charge in [-0.1, -0.05) is 38.0 Å². The zero-order valence-corrected chi connectivity index (χ0v) is 14.8. The quantitative estimate of drug-likeness (QED) is 0.772. The summed E-state index contributed by atoms with van der Waals surface area (Å²) in [5.41, 5.74) is 2.24. The highest BCUT2D eigenvalue weighted by Gasteiger charge is 2.27. The number of methoxy groups -OCH3 is 1. The summed E-state index contributed by atoms with van der Waals surface area (Å²) in [5, 5.41) is 2.56. The van der Waals surface area contributed by atoms with Crippen LogP contribution < -0.4 is 5.32 Å². The fourth-order valence-electron chi connectivity index (χ4n) is 2.26. The number of benzene rings is 1. The maximum absolute atomic E-state index is 12.1. The number of hydrogen-bond donors (Lipinski definition) is 1. The maximum atomic E-state index is 12.1. The van der Waals surface area contributed by atoms with Crippen molar-refractivity contribution in [2.75, 3.05) is 13.7 Å². The Hall–Kier alpha value is -2.37. The molecule has 6 nitrogen and oxygen atoms in total. The third kappa shape index (κ3) is 5.37. The lowest BCUT2D eigenvalue weighted by Crippen LogP contribution is -2.47. The molecule has 0 heterocycles. The van der Waals surface area contributed by atoms with Gasteiger partial charge in [0.25, 0.3) is 5.91 Å². The van der Waals surface area contributed by atoms with E-state index in [1.165, 1.54) is 7.11 Å². The lowest BCUT2D eigenvalue weighted by atomic mass is 9.99. The van der Waals surface area contributed by atoms with Crippen molar-refractivity contribution in [1.82, 2.24) is 5.32 Å². The van der Waals surface area contributed by atoms with Gasteiger partial charge in [0.1, 0.15) is 6.04 Å². The molecule has 0 fully saturated rings. The van der Waals surface area contributed by atoms with Gasteiger partial charge >= 0.3 is 11.9 Å². The minimum absolute atomic E-state index is 0.0866. The first-order valence-electron chi connectivity index (χ1n) is 7.91. The molecule has 132 valence electrons. The number of ether oxygens (including phenoxy) is 2. The Morgan fingerprint density at radius 3 is 2.42 bits per heavy atom. The highest BCUT2D eigenvalue weighted by Crippen LogP contribution is 2.12. The Morgan fingerprint density at radius 1 is 1.21 bits per heavy atom. The molecular formula is C18H25NO5. The predicted octanol–water partition coefficient (Wildman–Crippen LogP) is 2.16. The Morgan fingerprint density at radius 2 is 1.88 bits per heavy atom. The van der Waals surface area contributed by atoms with E-state index in [4.69, 9.17) is 9.47 Å². The monoisotopic (exact) mass is 335 g/mol. The molecule has 0 saturated heterocycles. The molecule has 0 saturated carbocycles. The zero-order chi connectivity index (χ0) is 18.3. The maximum Gasteiger partial charge on any atom is 0.338 e. The molecule has 1 N–H and O–H groups in total. The van der Waals surface area contributed by atoms with E-state index in [0.717, 1.165) is 11.1 Å². The van der Waals surface area contributed by atoms with Crippen molar-refractivity contribution in [3.05, 3.63) is 34.9 Å². The van der Waals surface area contributed by atoms with Crippen molar-refractivity contribution in [1.29, 1.82) is 0 Å². The van der Waals surface area contributed by atoms with Gasteiger partial charge in [-0.3, -0.25) is 4.79 Å². The van der Waals surface area contributed by atoms with Crippen molar-refractivity contribution in [2.24, 2.45) is 5.92 Å². The minimum atomic E-state index is -0.757. The second kappa shape index (κ2) is 9.05. The van der Waals surface area contributed by atoms with E-state index in [1.807, 2.05) is 26.8 Å². The predicted molar refractivity (Wildman–Crippen MR) is 89.6 cm³/mol. The summed E-state index contributed by atoms with van der Waals surface area (Å²) in [5.74, 6) is -1.71. The molecule has 6 heteroatoms. The van der Waals surface area contributed by atoms with Gasteiger partial charge in [0, 0.05) is 0 Å². The molecule has 0 radical (unpaired) electrons. The first kappa shape index (κ1) is 19.7. The minimum Gasteiger partial charge on any atom is -0.467 e. The van der Waals surface area contributed by atoms with E-state index < -0.39 is 30.5 Å². The van der Waals surface area contributed by atoms with Gasteiger partial charge in [0.15, 0.2) is 6.61 Å². The highest BCUT2D eigenvalue weighted by atomic mass is 16.5. The van der Waals surface area contributed by atoms with E-state index >= 15 is 0 Å². The van der Waals surface area contributed by atoms with Crippen LogP contribution in [0.25, 0.3) is 0 Å². The normalized spacial score (nSPS) is 12.9. The molecule has 0 bridgehead atoms. The smallest absolute Gasteiger partial charge is 0.338 e. The van der Waals surface area contributed by atoms with Crippen molar-refractivity contribution in [2.45, 2.75) is 40.2 Å². The van der Waals surface area contributed by atoms with Crippen LogP contribution in [0.1, 0.15) is 41.8 Å². The van der Waals surface area contributed by atoms with E-state index in [2.05, 4.69) is 5.32 Å². The fraction of sp³-hybridized carbons (Fsp3) is 0.500. The summed E-state index contributed by atoms with van der Waals surface area (Å²) < 4.78 is 9.73. The van der Waals surface area contributed by atoms with E-state index in [0.29, 0.717) is 12.0 Å². The highest BCUT2D eigenvalue weighted by molar-refractivity contribution is 5.93.